The van der Waals surface area contributed by atoms with Crippen molar-refractivity contribution in [2.24, 2.45) is 5.92 Å². The minimum atomic E-state index is -0.194. The molecule has 0 saturated heterocycles. The number of esters is 1. The van der Waals surface area contributed by atoms with E-state index in [0.717, 1.165) is 25.2 Å². The normalized spacial score (nSPS) is 33.4. The average Bonchev–Trinajstić information content (AvgIpc) is 2.25. The first kappa shape index (κ1) is 12.7. The second kappa shape index (κ2) is 5.24. The second-order valence-corrected chi connectivity index (χ2v) is 5.93. The summed E-state index contributed by atoms with van der Waals surface area (Å²) in [6.07, 6.45) is 11.1. The number of carbonyl (C=O) groups is 1. The Hall–Kier alpha value is -0.790. The van der Waals surface area contributed by atoms with E-state index in [0.29, 0.717) is 5.57 Å². The van der Waals surface area contributed by atoms with Crippen LogP contribution in [0.4, 0.5) is 0 Å². The Morgan fingerprint density at radius 2 is 1.82 bits per heavy atom. The minimum absolute atomic E-state index is 0.127. The molecule has 3 fully saturated rings. The molecule has 0 unspecified atom stereocenters. The van der Waals surface area contributed by atoms with Crippen molar-refractivity contribution in [3.63, 3.8) is 0 Å². The van der Waals surface area contributed by atoms with Gasteiger partial charge in [0.2, 0.25) is 0 Å². The molecule has 3 rings (SSSR count). The predicted molar refractivity (Wildman–Crippen MR) is 68.7 cm³/mol. The lowest BCUT2D eigenvalue weighted by Gasteiger charge is -2.47. The van der Waals surface area contributed by atoms with Gasteiger partial charge in [0.25, 0.3) is 0 Å². The van der Waals surface area contributed by atoms with Crippen LogP contribution in [-0.4, -0.2) is 11.6 Å². The van der Waals surface area contributed by atoms with Crippen molar-refractivity contribution in [1.82, 2.24) is 0 Å². The van der Waals surface area contributed by atoms with Crippen molar-refractivity contribution in [2.45, 2.75) is 70.3 Å². The smallest absolute Gasteiger partial charge is 0.333 e. The molecule has 0 N–H and O–H groups in total. The van der Waals surface area contributed by atoms with Crippen LogP contribution in [0, 0.1) is 5.92 Å². The summed E-state index contributed by atoms with van der Waals surface area (Å²) < 4.78 is 5.70. The molecule has 96 valence electrons. The summed E-state index contributed by atoms with van der Waals surface area (Å²) in [6, 6.07) is 0. The third-order valence-electron chi connectivity index (χ3n) is 4.22. The highest BCUT2D eigenvalue weighted by molar-refractivity contribution is 5.87. The van der Waals surface area contributed by atoms with Crippen LogP contribution in [0.25, 0.3) is 0 Å². The van der Waals surface area contributed by atoms with Crippen LogP contribution >= 0.6 is 0 Å². The fourth-order valence-corrected chi connectivity index (χ4v) is 3.23. The van der Waals surface area contributed by atoms with Gasteiger partial charge in [0, 0.05) is 5.57 Å². The van der Waals surface area contributed by atoms with E-state index in [1.54, 1.807) is 6.92 Å². The number of hydrogen-bond acceptors (Lipinski definition) is 2. The number of hydrogen-bond donors (Lipinski definition) is 0. The maximum Gasteiger partial charge on any atom is 0.333 e. The molecule has 0 atom stereocenters. The Morgan fingerprint density at radius 1 is 1.18 bits per heavy atom. The molecule has 2 nitrogen and oxygen atoms in total. The highest BCUT2D eigenvalue weighted by atomic mass is 16.6. The fraction of sp³-hybridized carbons (Fsp3) is 0.800. The van der Waals surface area contributed by atoms with Crippen LogP contribution in [0.15, 0.2) is 12.2 Å². The Balaban J connectivity index is 1.93. The van der Waals surface area contributed by atoms with Crippen molar-refractivity contribution < 1.29 is 9.53 Å². The molecular formula is C15H24O2. The topological polar surface area (TPSA) is 26.3 Å². The predicted octanol–water partition coefficient (Wildman–Crippen LogP) is 4.00. The Kier molecular flexibility index (Phi) is 3.90. The summed E-state index contributed by atoms with van der Waals surface area (Å²) in [7, 11) is 0. The first-order valence-electron chi connectivity index (χ1n) is 7.00. The summed E-state index contributed by atoms with van der Waals surface area (Å²) in [5.74, 6) is 0.603. The minimum Gasteiger partial charge on any atom is -0.456 e. The monoisotopic (exact) mass is 236 g/mol. The van der Waals surface area contributed by atoms with Crippen molar-refractivity contribution in [3.8, 4) is 0 Å². The van der Waals surface area contributed by atoms with E-state index in [-0.39, 0.29) is 11.6 Å². The van der Waals surface area contributed by atoms with Crippen molar-refractivity contribution in [3.05, 3.63) is 12.2 Å². The summed E-state index contributed by atoms with van der Waals surface area (Å²) in [5.41, 5.74) is 0.401. The molecule has 0 aliphatic heterocycles. The Bertz CT molecular complexity index is 295. The van der Waals surface area contributed by atoms with Gasteiger partial charge in [-0.1, -0.05) is 38.7 Å². The number of carbonyl (C=O) groups excluding carboxylic acids is 1. The summed E-state index contributed by atoms with van der Waals surface area (Å²) in [5, 5.41) is 0. The molecule has 0 radical (unpaired) electrons. The Morgan fingerprint density at radius 3 is 2.53 bits per heavy atom. The van der Waals surface area contributed by atoms with Crippen molar-refractivity contribution in [1.29, 1.82) is 0 Å². The van der Waals surface area contributed by atoms with Crippen LogP contribution in [0.3, 0.4) is 0 Å². The maximum atomic E-state index is 11.7. The third-order valence-corrected chi connectivity index (χ3v) is 4.22. The summed E-state index contributed by atoms with van der Waals surface area (Å²) in [4.78, 5) is 11.7. The lowest BCUT2D eigenvalue weighted by molar-refractivity contribution is -0.174. The molecule has 0 amide bonds. The van der Waals surface area contributed by atoms with Gasteiger partial charge in [-0.2, -0.15) is 0 Å². The molecule has 2 bridgehead atoms. The molecule has 3 aliphatic rings. The second-order valence-electron chi connectivity index (χ2n) is 5.93. The molecular weight excluding hydrogens is 212 g/mol. The first-order chi connectivity index (χ1) is 8.11. The zero-order chi connectivity index (χ0) is 12.3. The molecule has 0 aromatic carbocycles. The van der Waals surface area contributed by atoms with Crippen LogP contribution < -0.4 is 0 Å². The molecule has 3 saturated carbocycles. The Labute approximate surface area is 104 Å². The maximum absolute atomic E-state index is 11.7. The average molecular weight is 236 g/mol. The largest absolute Gasteiger partial charge is 0.456 e. The molecule has 17 heavy (non-hydrogen) atoms. The van der Waals surface area contributed by atoms with Crippen LogP contribution in [-0.2, 0) is 9.53 Å². The highest BCUT2D eigenvalue weighted by Gasteiger charge is 2.46. The van der Waals surface area contributed by atoms with Gasteiger partial charge in [-0.3, -0.25) is 0 Å². The van der Waals surface area contributed by atoms with Gasteiger partial charge < -0.3 is 4.74 Å². The van der Waals surface area contributed by atoms with Gasteiger partial charge in [0.05, 0.1) is 0 Å². The van der Waals surface area contributed by atoms with Gasteiger partial charge in [-0.25, -0.2) is 4.79 Å². The van der Waals surface area contributed by atoms with E-state index < -0.39 is 0 Å². The van der Waals surface area contributed by atoms with E-state index in [9.17, 15) is 4.79 Å². The molecule has 0 heterocycles. The number of fused-ring (bicyclic) bond motifs is 6. The van der Waals surface area contributed by atoms with E-state index in [1.807, 2.05) is 0 Å². The van der Waals surface area contributed by atoms with Gasteiger partial charge >= 0.3 is 5.97 Å². The summed E-state index contributed by atoms with van der Waals surface area (Å²) >= 11 is 0. The lowest BCUT2D eigenvalue weighted by Crippen LogP contribution is -2.48. The van der Waals surface area contributed by atoms with Crippen LogP contribution in [0.1, 0.15) is 64.7 Å². The highest BCUT2D eigenvalue weighted by Crippen LogP contribution is 2.47. The van der Waals surface area contributed by atoms with Gasteiger partial charge in [-0.15, -0.1) is 0 Å². The first-order valence-corrected chi connectivity index (χ1v) is 7.00. The van der Waals surface area contributed by atoms with Gasteiger partial charge in [0.15, 0.2) is 0 Å². The number of rotatable bonds is 2. The van der Waals surface area contributed by atoms with E-state index in [1.165, 1.54) is 38.5 Å². The van der Waals surface area contributed by atoms with E-state index >= 15 is 0 Å². The van der Waals surface area contributed by atoms with Gasteiger partial charge in [-0.05, 0) is 38.5 Å². The fourth-order valence-electron chi connectivity index (χ4n) is 3.23. The molecule has 0 aromatic rings. The molecule has 3 aliphatic carbocycles. The van der Waals surface area contributed by atoms with Crippen LogP contribution in [0.2, 0.25) is 0 Å². The molecule has 2 heteroatoms. The summed E-state index contributed by atoms with van der Waals surface area (Å²) in [6.45, 7) is 5.40. The quantitative estimate of drug-likeness (QED) is 0.535. The third kappa shape index (κ3) is 3.11. The number of ether oxygens (including phenoxy) is 1. The molecule has 0 aromatic heterocycles. The zero-order valence-corrected chi connectivity index (χ0v) is 11.0. The standard InChI is InChI=1S/C15H24O2/c1-12(2)14(16)17-15-9-7-5-3-4-6-8-13(10-15)11-15/h13H,1,3-11H2,2H3. The van der Waals surface area contributed by atoms with Crippen LogP contribution in [0.5, 0.6) is 0 Å². The lowest BCUT2D eigenvalue weighted by atomic mass is 9.66. The van der Waals surface area contributed by atoms with Crippen molar-refractivity contribution >= 4 is 5.97 Å². The van der Waals surface area contributed by atoms with E-state index in [4.69, 9.17) is 4.74 Å². The van der Waals surface area contributed by atoms with Gasteiger partial charge in [0.1, 0.15) is 5.60 Å². The van der Waals surface area contributed by atoms with E-state index in [2.05, 4.69) is 6.58 Å². The zero-order valence-electron chi connectivity index (χ0n) is 11.0. The van der Waals surface area contributed by atoms with Crippen molar-refractivity contribution in [2.75, 3.05) is 0 Å². The molecule has 0 spiro atoms. The SMILES string of the molecule is C=C(C)C(=O)OC12CCCCCCCC(C1)C2.